The van der Waals surface area contributed by atoms with E-state index in [0.717, 1.165) is 17.2 Å². The average Bonchev–Trinajstić information content (AvgIpc) is 2.88. The topological polar surface area (TPSA) is 34.9 Å². The molecular weight excluding hydrogens is 274 g/mol. The second-order valence-electron chi connectivity index (χ2n) is 4.76. The van der Waals surface area contributed by atoms with Gasteiger partial charge in [0.2, 0.25) is 0 Å². The summed E-state index contributed by atoms with van der Waals surface area (Å²) in [5.41, 5.74) is 1.85. The van der Waals surface area contributed by atoms with E-state index in [4.69, 9.17) is 0 Å². The van der Waals surface area contributed by atoms with E-state index in [1.54, 1.807) is 47.3 Å². The van der Waals surface area contributed by atoms with Gasteiger partial charge in [-0.25, -0.2) is 8.78 Å². The summed E-state index contributed by atoms with van der Waals surface area (Å²) in [7, 11) is 0. The molecule has 1 heterocycles. The van der Waals surface area contributed by atoms with Crippen molar-refractivity contribution in [2.75, 3.05) is 0 Å². The normalized spacial score (nSPS) is 11.2. The molecule has 0 aliphatic rings. The second-order valence-corrected chi connectivity index (χ2v) is 4.76. The first-order valence-electron chi connectivity index (χ1n) is 6.46. The Kier molecular flexibility index (Phi) is 3.48. The van der Waals surface area contributed by atoms with E-state index in [9.17, 15) is 13.6 Å². The fourth-order valence-corrected chi connectivity index (χ4v) is 2.32. The Hall–Kier alpha value is -2.56. The zero-order chi connectivity index (χ0) is 14.8. The van der Waals surface area contributed by atoms with E-state index in [0.29, 0.717) is 11.1 Å². The molecule has 0 saturated carbocycles. The van der Waals surface area contributed by atoms with E-state index < -0.39 is 6.43 Å². The van der Waals surface area contributed by atoms with Crippen LogP contribution in [0.5, 0.6) is 0 Å². The van der Waals surface area contributed by atoms with Crippen LogP contribution in [0.1, 0.15) is 27.9 Å². The zero-order valence-corrected chi connectivity index (χ0v) is 11.0. The number of halogens is 2. The van der Waals surface area contributed by atoms with Crippen LogP contribution in [0, 0.1) is 0 Å². The van der Waals surface area contributed by atoms with Crippen LogP contribution in [0.2, 0.25) is 0 Å². The molecule has 2 aromatic carbocycles. The molecule has 0 N–H and O–H groups in total. The second kappa shape index (κ2) is 5.44. The first-order valence-corrected chi connectivity index (χ1v) is 6.46. The van der Waals surface area contributed by atoms with Gasteiger partial charge in [0, 0.05) is 22.7 Å². The zero-order valence-electron chi connectivity index (χ0n) is 11.0. The monoisotopic (exact) mass is 286 g/mol. The number of benzene rings is 2. The van der Waals surface area contributed by atoms with Crippen molar-refractivity contribution in [3.8, 4) is 0 Å². The molecule has 0 unspecified atom stereocenters. The number of aldehydes is 1. The minimum Gasteiger partial charge on any atom is -0.298 e. The highest BCUT2D eigenvalue weighted by atomic mass is 19.3. The summed E-state index contributed by atoms with van der Waals surface area (Å²) >= 11 is 0. The number of rotatable bonds is 4. The SMILES string of the molecule is O=Cc1ccc2nn(Cc3ccccc3C(F)F)cc2c1. The van der Waals surface area contributed by atoms with Crippen LogP contribution in [0.3, 0.4) is 0 Å². The van der Waals surface area contributed by atoms with Crippen molar-refractivity contribution >= 4 is 17.2 Å². The van der Waals surface area contributed by atoms with Gasteiger partial charge < -0.3 is 0 Å². The Morgan fingerprint density at radius 2 is 2.00 bits per heavy atom. The molecule has 0 atom stereocenters. The Bertz CT molecular complexity index is 796. The molecule has 0 amide bonds. The van der Waals surface area contributed by atoms with Gasteiger partial charge in [-0.2, -0.15) is 5.10 Å². The number of hydrogen-bond donors (Lipinski definition) is 0. The Balaban J connectivity index is 1.97. The lowest BCUT2D eigenvalue weighted by molar-refractivity contribution is 0.112. The molecule has 0 spiro atoms. The van der Waals surface area contributed by atoms with Crippen LogP contribution in [0.25, 0.3) is 10.9 Å². The number of hydrogen-bond acceptors (Lipinski definition) is 2. The number of carbonyl (C=O) groups excluding carboxylic acids is 1. The summed E-state index contributed by atoms with van der Waals surface area (Å²) in [6, 6.07) is 11.6. The van der Waals surface area contributed by atoms with Gasteiger partial charge in [0.1, 0.15) is 6.29 Å². The average molecular weight is 286 g/mol. The first kappa shape index (κ1) is 13.4. The smallest absolute Gasteiger partial charge is 0.264 e. The Morgan fingerprint density at radius 3 is 2.76 bits per heavy atom. The molecule has 0 aliphatic carbocycles. The number of alkyl halides is 2. The molecule has 106 valence electrons. The third kappa shape index (κ3) is 2.67. The fourth-order valence-electron chi connectivity index (χ4n) is 2.32. The maximum Gasteiger partial charge on any atom is 0.264 e. The molecule has 0 fully saturated rings. The van der Waals surface area contributed by atoms with Crippen LogP contribution in [0.4, 0.5) is 8.78 Å². The van der Waals surface area contributed by atoms with Crippen LogP contribution >= 0.6 is 0 Å². The Morgan fingerprint density at radius 1 is 1.19 bits per heavy atom. The van der Waals surface area contributed by atoms with Gasteiger partial charge >= 0.3 is 0 Å². The molecule has 0 bridgehead atoms. The van der Waals surface area contributed by atoms with Crippen LogP contribution in [-0.4, -0.2) is 16.1 Å². The van der Waals surface area contributed by atoms with Gasteiger partial charge in [-0.15, -0.1) is 0 Å². The standard InChI is InChI=1S/C16H12F2N2O/c17-16(18)14-4-2-1-3-12(14)8-20-9-13-7-11(10-21)5-6-15(13)19-20/h1-7,9-10,16H,8H2. The maximum absolute atomic E-state index is 13.0. The lowest BCUT2D eigenvalue weighted by atomic mass is 10.1. The van der Waals surface area contributed by atoms with E-state index in [1.807, 2.05) is 0 Å². The fraction of sp³-hybridized carbons (Fsp3) is 0.125. The molecule has 5 heteroatoms. The molecule has 1 aromatic heterocycles. The highest BCUT2D eigenvalue weighted by Gasteiger charge is 2.12. The molecule has 0 saturated heterocycles. The van der Waals surface area contributed by atoms with Crippen molar-refractivity contribution in [1.82, 2.24) is 9.78 Å². The van der Waals surface area contributed by atoms with Crippen molar-refractivity contribution in [1.29, 1.82) is 0 Å². The molecule has 0 aliphatic heterocycles. The van der Waals surface area contributed by atoms with Gasteiger partial charge in [-0.1, -0.05) is 24.3 Å². The van der Waals surface area contributed by atoms with Crippen molar-refractivity contribution in [2.45, 2.75) is 13.0 Å². The van der Waals surface area contributed by atoms with Gasteiger partial charge in [-0.3, -0.25) is 9.48 Å². The van der Waals surface area contributed by atoms with Crippen LogP contribution < -0.4 is 0 Å². The molecule has 3 rings (SSSR count). The summed E-state index contributed by atoms with van der Waals surface area (Å²) in [5, 5.41) is 5.15. The molecule has 0 radical (unpaired) electrons. The lowest BCUT2D eigenvalue weighted by Gasteiger charge is -2.08. The van der Waals surface area contributed by atoms with Crippen LogP contribution in [-0.2, 0) is 6.54 Å². The summed E-state index contributed by atoms with van der Waals surface area (Å²) in [4.78, 5) is 10.8. The number of fused-ring (bicyclic) bond motifs is 1. The largest absolute Gasteiger partial charge is 0.298 e. The number of nitrogens with zero attached hydrogens (tertiary/aromatic N) is 2. The van der Waals surface area contributed by atoms with E-state index in [-0.39, 0.29) is 12.1 Å². The first-order chi connectivity index (χ1) is 10.2. The number of aromatic nitrogens is 2. The minimum absolute atomic E-state index is 0.0191. The predicted molar refractivity (Wildman–Crippen MR) is 75.6 cm³/mol. The van der Waals surface area contributed by atoms with E-state index in [1.165, 1.54) is 6.07 Å². The van der Waals surface area contributed by atoms with Gasteiger partial charge in [0.15, 0.2) is 0 Å². The predicted octanol–water partition coefficient (Wildman–Crippen LogP) is 3.83. The van der Waals surface area contributed by atoms with Gasteiger partial charge in [-0.05, 0) is 23.8 Å². The van der Waals surface area contributed by atoms with Gasteiger partial charge in [0.05, 0.1) is 12.1 Å². The van der Waals surface area contributed by atoms with Crippen molar-refractivity contribution in [3.63, 3.8) is 0 Å². The highest BCUT2D eigenvalue weighted by Crippen LogP contribution is 2.24. The highest BCUT2D eigenvalue weighted by molar-refractivity contribution is 5.86. The summed E-state index contributed by atoms with van der Waals surface area (Å²) in [5.74, 6) is 0. The van der Waals surface area contributed by atoms with E-state index in [2.05, 4.69) is 5.10 Å². The summed E-state index contributed by atoms with van der Waals surface area (Å²) in [6.45, 7) is 0.269. The van der Waals surface area contributed by atoms with E-state index >= 15 is 0 Å². The molecule has 3 aromatic rings. The van der Waals surface area contributed by atoms with Gasteiger partial charge in [0.25, 0.3) is 6.43 Å². The molecule has 21 heavy (non-hydrogen) atoms. The maximum atomic E-state index is 13.0. The third-order valence-electron chi connectivity index (χ3n) is 3.33. The summed E-state index contributed by atoms with van der Waals surface area (Å²) < 4.78 is 27.5. The molecular formula is C16H12F2N2O. The van der Waals surface area contributed by atoms with Crippen molar-refractivity contribution in [2.24, 2.45) is 0 Å². The van der Waals surface area contributed by atoms with Crippen LogP contribution in [0.15, 0.2) is 48.7 Å². The Labute approximate surface area is 119 Å². The number of carbonyl (C=O) groups is 1. The van der Waals surface area contributed by atoms with Crippen molar-refractivity contribution in [3.05, 3.63) is 65.4 Å². The lowest BCUT2D eigenvalue weighted by Crippen LogP contribution is -2.03. The summed E-state index contributed by atoms with van der Waals surface area (Å²) in [6.07, 6.45) is 0.0147. The third-order valence-corrected chi connectivity index (χ3v) is 3.33. The quantitative estimate of drug-likeness (QED) is 0.683. The van der Waals surface area contributed by atoms with Crippen molar-refractivity contribution < 1.29 is 13.6 Å². The minimum atomic E-state index is -2.51. The molecule has 3 nitrogen and oxygen atoms in total.